The van der Waals surface area contributed by atoms with Gasteiger partial charge in [-0.1, -0.05) is 42.0 Å². The molecule has 7 nitrogen and oxygen atoms in total. The van der Waals surface area contributed by atoms with Crippen molar-refractivity contribution in [1.82, 2.24) is 19.7 Å². The molecule has 32 heavy (non-hydrogen) atoms. The van der Waals surface area contributed by atoms with Gasteiger partial charge in [-0.2, -0.15) is 5.10 Å². The van der Waals surface area contributed by atoms with E-state index in [0.29, 0.717) is 28.4 Å². The molecule has 2 amide bonds. The van der Waals surface area contributed by atoms with Crippen LogP contribution in [0.4, 0.5) is 5.69 Å². The zero-order valence-corrected chi connectivity index (χ0v) is 19.2. The normalized spacial score (nSPS) is 13.4. The number of H-pyrrole nitrogens is 1. The molecular formula is C24H27N5O2S. The van der Waals surface area contributed by atoms with Gasteiger partial charge in [0.05, 0.1) is 11.3 Å². The number of carbonyl (C=O) groups excluding carboxylic acids is 2. The molecule has 166 valence electrons. The molecule has 8 heteroatoms. The number of aryl methyl sites for hydroxylation is 2. The summed E-state index contributed by atoms with van der Waals surface area (Å²) in [6, 6.07) is 13.5. The molecule has 0 radical (unpaired) electrons. The van der Waals surface area contributed by atoms with E-state index < -0.39 is 0 Å². The van der Waals surface area contributed by atoms with Crippen molar-refractivity contribution in [3.8, 4) is 11.4 Å². The Morgan fingerprint density at radius 3 is 2.53 bits per heavy atom. The Balaban J connectivity index is 1.49. The first-order valence-electron chi connectivity index (χ1n) is 10.8. The minimum Gasteiger partial charge on any atom is -0.339 e. The van der Waals surface area contributed by atoms with Gasteiger partial charge in [-0.15, -0.1) is 0 Å². The predicted octanol–water partition coefficient (Wildman–Crippen LogP) is 4.49. The third-order valence-electron chi connectivity index (χ3n) is 5.78. The SMILES string of the molecule is Cc1ccc(-c2n[nH]c(=S)n2CCC(=O)Nc2cccc(C)c2C(=O)N2CCCC2)cc1. The van der Waals surface area contributed by atoms with Crippen molar-refractivity contribution in [2.45, 2.75) is 39.7 Å². The largest absolute Gasteiger partial charge is 0.339 e. The van der Waals surface area contributed by atoms with Gasteiger partial charge in [-0.3, -0.25) is 19.3 Å². The summed E-state index contributed by atoms with van der Waals surface area (Å²) in [6.45, 7) is 5.84. The summed E-state index contributed by atoms with van der Waals surface area (Å²) in [4.78, 5) is 27.7. The standard InChI is InChI=1S/C24H27N5O2S/c1-16-8-10-18(11-9-16)22-26-27-24(32)29(22)15-12-20(30)25-19-7-5-6-17(2)21(19)23(31)28-13-3-4-14-28/h5-11H,3-4,12-15H2,1-2H3,(H,25,30)(H,27,32). The maximum absolute atomic E-state index is 13.0. The van der Waals surface area contributed by atoms with E-state index in [0.717, 1.165) is 42.6 Å². The molecule has 3 aromatic rings. The van der Waals surface area contributed by atoms with Crippen molar-refractivity contribution in [3.63, 3.8) is 0 Å². The number of benzene rings is 2. The van der Waals surface area contributed by atoms with Gasteiger partial charge in [-0.05, 0) is 50.5 Å². The Hall–Kier alpha value is -3.26. The molecule has 0 aliphatic carbocycles. The second-order valence-corrected chi connectivity index (χ2v) is 8.55. The Kier molecular flexibility index (Phi) is 6.50. The summed E-state index contributed by atoms with van der Waals surface area (Å²) in [5.74, 6) is 0.502. The van der Waals surface area contributed by atoms with E-state index in [9.17, 15) is 9.59 Å². The van der Waals surface area contributed by atoms with Crippen LogP contribution < -0.4 is 5.32 Å². The van der Waals surface area contributed by atoms with Crippen LogP contribution in [0.25, 0.3) is 11.4 Å². The number of hydrogen-bond acceptors (Lipinski definition) is 4. The van der Waals surface area contributed by atoms with Crippen molar-refractivity contribution in [2.75, 3.05) is 18.4 Å². The number of aromatic amines is 1. The van der Waals surface area contributed by atoms with Crippen molar-refractivity contribution >= 4 is 29.7 Å². The molecule has 1 fully saturated rings. The van der Waals surface area contributed by atoms with E-state index in [-0.39, 0.29) is 18.2 Å². The smallest absolute Gasteiger partial charge is 0.256 e. The lowest BCUT2D eigenvalue weighted by Gasteiger charge is -2.19. The molecular weight excluding hydrogens is 422 g/mol. The van der Waals surface area contributed by atoms with E-state index in [1.807, 2.05) is 59.7 Å². The van der Waals surface area contributed by atoms with Gasteiger partial charge in [0.1, 0.15) is 0 Å². The number of carbonyl (C=O) groups is 2. The van der Waals surface area contributed by atoms with Gasteiger partial charge < -0.3 is 10.2 Å². The van der Waals surface area contributed by atoms with E-state index in [4.69, 9.17) is 12.2 Å². The summed E-state index contributed by atoms with van der Waals surface area (Å²) >= 11 is 5.38. The van der Waals surface area contributed by atoms with Crippen LogP contribution in [0.3, 0.4) is 0 Å². The summed E-state index contributed by atoms with van der Waals surface area (Å²) in [5.41, 5.74) is 4.08. The molecule has 1 saturated heterocycles. The van der Waals surface area contributed by atoms with E-state index >= 15 is 0 Å². The topological polar surface area (TPSA) is 83.0 Å². The molecule has 2 N–H and O–H groups in total. The van der Waals surface area contributed by atoms with Crippen molar-refractivity contribution in [2.24, 2.45) is 0 Å². The minimum atomic E-state index is -0.177. The van der Waals surface area contributed by atoms with Crippen LogP contribution in [-0.2, 0) is 11.3 Å². The Morgan fingerprint density at radius 2 is 1.81 bits per heavy atom. The summed E-state index contributed by atoms with van der Waals surface area (Å²) in [5, 5.41) is 10.1. The second kappa shape index (κ2) is 9.48. The lowest BCUT2D eigenvalue weighted by Crippen LogP contribution is -2.29. The Labute approximate surface area is 192 Å². The zero-order chi connectivity index (χ0) is 22.7. The van der Waals surface area contributed by atoms with E-state index in [1.54, 1.807) is 6.07 Å². The summed E-state index contributed by atoms with van der Waals surface area (Å²) in [6.07, 6.45) is 2.25. The first-order chi connectivity index (χ1) is 15.4. The molecule has 2 aromatic carbocycles. The monoisotopic (exact) mass is 449 g/mol. The van der Waals surface area contributed by atoms with E-state index in [1.165, 1.54) is 0 Å². The molecule has 0 spiro atoms. The van der Waals surface area contributed by atoms with Gasteiger partial charge in [0.15, 0.2) is 10.6 Å². The number of hydrogen-bond donors (Lipinski definition) is 2. The number of nitrogens with one attached hydrogen (secondary N) is 2. The first kappa shape index (κ1) is 22.0. The van der Waals surface area contributed by atoms with Gasteiger partial charge in [0, 0.05) is 31.6 Å². The van der Waals surface area contributed by atoms with Crippen LogP contribution in [0.15, 0.2) is 42.5 Å². The van der Waals surface area contributed by atoms with Crippen LogP contribution in [0.1, 0.15) is 40.7 Å². The van der Waals surface area contributed by atoms with Gasteiger partial charge in [0.2, 0.25) is 5.91 Å². The van der Waals surface area contributed by atoms with Crippen LogP contribution in [0.2, 0.25) is 0 Å². The van der Waals surface area contributed by atoms with Gasteiger partial charge in [-0.25, -0.2) is 0 Å². The predicted molar refractivity (Wildman–Crippen MR) is 127 cm³/mol. The molecule has 0 bridgehead atoms. The average molecular weight is 450 g/mol. The lowest BCUT2D eigenvalue weighted by molar-refractivity contribution is -0.116. The third kappa shape index (κ3) is 4.65. The first-order valence-corrected chi connectivity index (χ1v) is 11.3. The van der Waals surface area contributed by atoms with Crippen LogP contribution >= 0.6 is 12.2 Å². The molecule has 1 aliphatic heterocycles. The highest BCUT2D eigenvalue weighted by Gasteiger charge is 2.24. The number of nitrogens with zero attached hydrogens (tertiary/aromatic N) is 3. The van der Waals surface area contributed by atoms with Crippen LogP contribution in [0, 0.1) is 18.6 Å². The maximum atomic E-state index is 13.0. The summed E-state index contributed by atoms with van der Waals surface area (Å²) < 4.78 is 2.29. The molecule has 0 unspecified atom stereocenters. The third-order valence-corrected chi connectivity index (χ3v) is 6.10. The lowest BCUT2D eigenvalue weighted by atomic mass is 10.0. The molecule has 1 aromatic heterocycles. The number of anilines is 1. The van der Waals surface area contributed by atoms with Crippen molar-refractivity contribution < 1.29 is 9.59 Å². The number of amides is 2. The number of rotatable bonds is 6. The Bertz CT molecular complexity index is 1190. The number of aromatic nitrogens is 3. The van der Waals surface area contributed by atoms with Crippen molar-refractivity contribution in [1.29, 1.82) is 0 Å². The van der Waals surface area contributed by atoms with Crippen molar-refractivity contribution in [3.05, 3.63) is 63.9 Å². The summed E-state index contributed by atoms with van der Waals surface area (Å²) in [7, 11) is 0. The second-order valence-electron chi connectivity index (χ2n) is 8.16. The molecule has 0 atom stereocenters. The molecule has 1 aliphatic rings. The van der Waals surface area contributed by atoms with E-state index in [2.05, 4.69) is 15.5 Å². The average Bonchev–Trinajstić information content (AvgIpc) is 3.43. The maximum Gasteiger partial charge on any atom is 0.256 e. The minimum absolute atomic E-state index is 0.0189. The quantitative estimate of drug-likeness (QED) is 0.543. The van der Waals surface area contributed by atoms with Gasteiger partial charge >= 0.3 is 0 Å². The van der Waals surface area contributed by atoms with Crippen LogP contribution in [0.5, 0.6) is 0 Å². The fourth-order valence-corrected chi connectivity index (χ4v) is 4.23. The highest BCUT2D eigenvalue weighted by atomic mass is 32.1. The number of likely N-dealkylation sites (tertiary alicyclic amines) is 1. The van der Waals surface area contributed by atoms with Crippen LogP contribution in [-0.4, -0.2) is 44.6 Å². The molecule has 2 heterocycles. The highest BCUT2D eigenvalue weighted by Crippen LogP contribution is 2.24. The fraction of sp³-hybridized carbons (Fsp3) is 0.333. The molecule has 0 saturated carbocycles. The zero-order valence-electron chi connectivity index (χ0n) is 18.4. The fourth-order valence-electron chi connectivity index (χ4n) is 4.01. The van der Waals surface area contributed by atoms with Gasteiger partial charge in [0.25, 0.3) is 5.91 Å². The molecule has 4 rings (SSSR count). The Morgan fingerprint density at radius 1 is 1.09 bits per heavy atom. The highest BCUT2D eigenvalue weighted by molar-refractivity contribution is 7.71.